The lowest BCUT2D eigenvalue weighted by Gasteiger charge is -2.29. The maximum atomic E-state index is 6.05. The zero-order valence-corrected chi connectivity index (χ0v) is 11.0. The number of rotatable bonds is 7. The standard InChI is InChI=1S/C14H25N3/c1-14(2,16)12-17(11-9-15)10-8-13-6-4-3-5-7-13/h3-7H,8-12,15-16H2,1-2H3. The van der Waals surface area contributed by atoms with Gasteiger partial charge in [-0.3, -0.25) is 4.90 Å². The molecule has 0 atom stereocenters. The van der Waals surface area contributed by atoms with Crippen LogP contribution < -0.4 is 11.5 Å². The van der Waals surface area contributed by atoms with Crippen molar-refractivity contribution < 1.29 is 0 Å². The van der Waals surface area contributed by atoms with Crippen molar-refractivity contribution in [2.24, 2.45) is 11.5 Å². The molecule has 0 aliphatic heterocycles. The molecule has 1 aromatic carbocycles. The van der Waals surface area contributed by atoms with E-state index in [1.165, 1.54) is 5.56 Å². The van der Waals surface area contributed by atoms with Crippen LogP contribution in [0, 0.1) is 0 Å². The molecule has 0 spiro atoms. The van der Waals surface area contributed by atoms with E-state index >= 15 is 0 Å². The third-order valence-corrected chi connectivity index (χ3v) is 2.64. The van der Waals surface area contributed by atoms with Gasteiger partial charge in [-0.15, -0.1) is 0 Å². The van der Waals surface area contributed by atoms with Crippen molar-refractivity contribution in [3.05, 3.63) is 35.9 Å². The number of nitrogens with zero attached hydrogens (tertiary/aromatic N) is 1. The van der Waals surface area contributed by atoms with Crippen molar-refractivity contribution in [1.82, 2.24) is 4.90 Å². The lowest BCUT2D eigenvalue weighted by Crippen LogP contribution is -2.47. The van der Waals surface area contributed by atoms with Crippen molar-refractivity contribution >= 4 is 0 Å². The Kier molecular flexibility index (Phi) is 5.62. The van der Waals surface area contributed by atoms with Crippen LogP contribution in [0.3, 0.4) is 0 Å². The van der Waals surface area contributed by atoms with Gasteiger partial charge < -0.3 is 11.5 Å². The molecular weight excluding hydrogens is 210 g/mol. The summed E-state index contributed by atoms with van der Waals surface area (Å²) in [7, 11) is 0. The molecular formula is C14H25N3. The fourth-order valence-electron chi connectivity index (χ4n) is 1.96. The maximum absolute atomic E-state index is 6.05. The quantitative estimate of drug-likeness (QED) is 0.747. The minimum atomic E-state index is -0.161. The molecule has 0 aromatic heterocycles. The van der Waals surface area contributed by atoms with Crippen molar-refractivity contribution in [3.8, 4) is 0 Å². The SMILES string of the molecule is CC(C)(N)CN(CCN)CCc1ccccc1. The van der Waals surface area contributed by atoms with Gasteiger partial charge in [-0.2, -0.15) is 0 Å². The highest BCUT2D eigenvalue weighted by molar-refractivity contribution is 5.14. The van der Waals surface area contributed by atoms with Crippen LogP contribution in [0.15, 0.2) is 30.3 Å². The van der Waals surface area contributed by atoms with Crippen molar-refractivity contribution in [2.45, 2.75) is 25.8 Å². The van der Waals surface area contributed by atoms with Gasteiger partial charge in [-0.25, -0.2) is 0 Å². The Morgan fingerprint density at radius 1 is 1.12 bits per heavy atom. The Bertz CT molecular complexity index is 303. The van der Waals surface area contributed by atoms with E-state index in [0.29, 0.717) is 6.54 Å². The van der Waals surface area contributed by atoms with Crippen LogP contribution in [-0.2, 0) is 6.42 Å². The maximum Gasteiger partial charge on any atom is 0.0226 e. The molecule has 0 heterocycles. The average Bonchev–Trinajstić information content (AvgIpc) is 2.26. The van der Waals surface area contributed by atoms with Crippen molar-refractivity contribution in [1.29, 1.82) is 0 Å². The van der Waals surface area contributed by atoms with Gasteiger partial charge in [0.15, 0.2) is 0 Å². The van der Waals surface area contributed by atoms with E-state index in [1.54, 1.807) is 0 Å². The zero-order chi connectivity index (χ0) is 12.7. The van der Waals surface area contributed by atoms with Gasteiger partial charge in [0.05, 0.1) is 0 Å². The summed E-state index contributed by atoms with van der Waals surface area (Å²) in [6.07, 6.45) is 1.05. The second-order valence-electron chi connectivity index (χ2n) is 5.29. The van der Waals surface area contributed by atoms with Gasteiger partial charge in [-0.05, 0) is 25.8 Å². The van der Waals surface area contributed by atoms with Crippen LogP contribution in [-0.4, -0.2) is 36.6 Å². The third-order valence-electron chi connectivity index (χ3n) is 2.64. The highest BCUT2D eigenvalue weighted by atomic mass is 15.1. The molecule has 0 fully saturated rings. The molecule has 0 saturated heterocycles. The van der Waals surface area contributed by atoms with E-state index in [4.69, 9.17) is 11.5 Å². The Balaban J connectivity index is 2.44. The van der Waals surface area contributed by atoms with E-state index in [-0.39, 0.29) is 5.54 Å². The zero-order valence-electron chi connectivity index (χ0n) is 11.0. The summed E-state index contributed by atoms with van der Waals surface area (Å²) in [5.74, 6) is 0. The molecule has 1 rings (SSSR count). The minimum Gasteiger partial charge on any atom is -0.329 e. The highest BCUT2D eigenvalue weighted by Gasteiger charge is 2.15. The monoisotopic (exact) mass is 235 g/mol. The summed E-state index contributed by atoms with van der Waals surface area (Å²) in [6.45, 7) is 7.61. The topological polar surface area (TPSA) is 55.3 Å². The number of hydrogen-bond donors (Lipinski definition) is 2. The van der Waals surface area contributed by atoms with Crippen molar-refractivity contribution in [2.75, 3.05) is 26.2 Å². The summed E-state index contributed by atoms with van der Waals surface area (Å²) in [4.78, 5) is 2.34. The fraction of sp³-hybridized carbons (Fsp3) is 0.571. The van der Waals surface area contributed by atoms with Gasteiger partial charge in [-0.1, -0.05) is 30.3 Å². The molecule has 4 N–H and O–H groups in total. The van der Waals surface area contributed by atoms with E-state index in [0.717, 1.165) is 26.1 Å². The Hall–Kier alpha value is -0.900. The Morgan fingerprint density at radius 2 is 1.76 bits per heavy atom. The first kappa shape index (κ1) is 14.2. The lowest BCUT2D eigenvalue weighted by atomic mass is 10.1. The molecule has 0 aliphatic carbocycles. The summed E-state index contributed by atoms with van der Waals surface area (Å²) < 4.78 is 0. The summed E-state index contributed by atoms with van der Waals surface area (Å²) in [5, 5.41) is 0. The molecule has 96 valence electrons. The van der Waals surface area contributed by atoms with Crippen LogP contribution in [0.5, 0.6) is 0 Å². The van der Waals surface area contributed by atoms with Crippen molar-refractivity contribution in [3.63, 3.8) is 0 Å². The predicted octanol–water partition coefficient (Wildman–Crippen LogP) is 1.23. The van der Waals surface area contributed by atoms with Gasteiger partial charge in [0.1, 0.15) is 0 Å². The molecule has 0 unspecified atom stereocenters. The van der Waals surface area contributed by atoms with Crippen LogP contribution >= 0.6 is 0 Å². The molecule has 0 amide bonds. The average molecular weight is 235 g/mol. The van der Waals surface area contributed by atoms with E-state index < -0.39 is 0 Å². The number of hydrogen-bond acceptors (Lipinski definition) is 3. The minimum absolute atomic E-state index is 0.161. The summed E-state index contributed by atoms with van der Waals surface area (Å²) in [5.41, 5.74) is 12.9. The predicted molar refractivity (Wildman–Crippen MR) is 73.9 cm³/mol. The normalized spacial score (nSPS) is 12.1. The Labute approximate surface area is 105 Å². The van der Waals surface area contributed by atoms with Crippen LogP contribution in [0.2, 0.25) is 0 Å². The van der Waals surface area contributed by atoms with Crippen LogP contribution in [0.25, 0.3) is 0 Å². The molecule has 17 heavy (non-hydrogen) atoms. The molecule has 3 heteroatoms. The van der Waals surface area contributed by atoms with E-state index in [2.05, 4.69) is 43.0 Å². The third kappa shape index (κ3) is 6.41. The highest BCUT2D eigenvalue weighted by Crippen LogP contribution is 2.05. The molecule has 0 saturated carbocycles. The fourth-order valence-corrected chi connectivity index (χ4v) is 1.96. The number of benzene rings is 1. The molecule has 3 nitrogen and oxygen atoms in total. The first-order valence-electron chi connectivity index (χ1n) is 6.26. The molecule has 0 aliphatic rings. The summed E-state index contributed by atoms with van der Waals surface area (Å²) >= 11 is 0. The number of nitrogens with two attached hydrogens (primary N) is 2. The molecule has 1 aromatic rings. The van der Waals surface area contributed by atoms with Gasteiger partial charge in [0, 0.05) is 31.7 Å². The van der Waals surface area contributed by atoms with Gasteiger partial charge in [0.2, 0.25) is 0 Å². The van der Waals surface area contributed by atoms with Gasteiger partial charge in [0.25, 0.3) is 0 Å². The second-order valence-corrected chi connectivity index (χ2v) is 5.29. The first-order chi connectivity index (χ1) is 8.01. The van der Waals surface area contributed by atoms with Crippen LogP contribution in [0.4, 0.5) is 0 Å². The second kappa shape index (κ2) is 6.74. The molecule has 0 bridgehead atoms. The Morgan fingerprint density at radius 3 is 2.29 bits per heavy atom. The smallest absolute Gasteiger partial charge is 0.0226 e. The first-order valence-corrected chi connectivity index (χ1v) is 6.26. The largest absolute Gasteiger partial charge is 0.329 e. The lowest BCUT2D eigenvalue weighted by molar-refractivity contribution is 0.233. The van der Waals surface area contributed by atoms with E-state index in [1.807, 2.05) is 6.07 Å². The van der Waals surface area contributed by atoms with Gasteiger partial charge >= 0.3 is 0 Å². The van der Waals surface area contributed by atoms with Crippen LogP contribution in [0.1, 0.15) is 19.4 Å². The molecule has 0 radical (unpaired) electrons. The summed E-state index contributed by atoms with van der Waals surface area (Å²) in [6, 6.07) is 10.5. The van der Waals surface area contributed by atoms with E-state index in [9.17, 15) is 0 Å².